The Bertz CT molecular complexity index is 1230. The highest BCUT2D eigenvalue weighted by Crippen LogP contribution is 2.32. The van der Waals surface area contributed by atoms with Crippen LogP contribution in [0.5, 0.6) is 5.88 Å². The summed E-state index contributed by atoms with van der Waals surface area (Å²) in [5.41, 5.74) is 2.31. The number of halogens is 3. The van der Waals surface area contributed by atoms with Crippen molar-refractivity contribution in [1.29, 1.82) is 0 Å². The molecule has 178 valence electrons. The molecule has 3 aromatic rings. The second kappa shape index (κ2) is 10.8. The van der Waals surface area contributed by atoms with Crippen molar-refractivity contribution >= 4 is 64.1 Å². The van der Waals surface area contributed by atoms with E-state index in [0.29, 0.717) is 0 Å². The van der Waals surface area contributed by atoms with Crippen molar-refractivity contribution in [3.8, 4) is 11.7 Å². The summed E-state index contributed by atoms with van der Waals surface area (Å²) in [5, 5.41) is 7.63. The van der Waals surface area contributed by atoms with E-state index in [2.05, 4.69) is 25.7 Å². The largest absolute Gasteiger partial charge is 0.472 e. The monoisotopic (exact) mass is 541 g/mol. The molecule has 0 aliphatic carbocycles. The number of hydrogen-bond donors (Lipinski definition) is 2. The van der Waals surface area contributed by atoms with E-state index in [9.17, 15) is 9.59 Å². The lowest BCUT2D eigenvalue weighted by molar-refractivity contribution is 0.0538. The number of aromatic nitrogens is 3. The Hall–Kier alpha value is -2.50. The number of ether oxygens (including phenoxy) is 1. The van der Waals surface area contributed by atoms with Crippen molar-refractivity contribution < 1.29 is 19.2 Å². The minimum absolute atomic E-state index is 0.00841. The Labute approximate surface area is 214 Å². The topological polar surface area (TPSA) is 107 Å². The third kappa shape index (κ3) is 5.42. The van der Waals surface area contributed by atoms with E-state index in [1.54, 1.807) is 23.9 Å². The molecule has 1 aromatic carbocycles. The van der Waals surface area contributed by atoms with Crippen molar-refractivity contribution in [2.24, 2.45) is 0 Å². The number of pyridine rings is 1. The molecule has 2 aromatic heterocycles. The van der Waals surface area contributed by atoms with Gasteiger partial charge in [-0.2, -0.15) is 11.8 Å². The zero-order chi connectivity index (χ0) is 24.2. The summed E-state index contributed by atoms with van der Waals surface area (Å²) in [5.74, 6) is 1.04. The van der Waals surface area contributed by atoms with Gasteiger partial charge in [-0.15, -0.1) is 5.10 Å². The average molecular weight is 543 g/mol. The molecule has 0 bridgehead atoms. The molecule has 4 rings (SSSR count). The Morgan fingerprint density at radius 1 is 1.18 bits per heavy atom. The molecule has 1 unspecified atom stereocenters. The van der Waals surface area contributed by atoms with Crippen molar-refractivity contribution in [2.75, 3.05) is 23.9 Å². The molecule has 1 aliphatic rings. The summed E-state index contributed by atoms with van der Waals surface area (Å²) in [7, 11) is 1.28. The molecule has 0 radical (unpaired) electrons. The van der Waals surface area contributed by atoms with E-state index in [-0.39, 0.29) is 49.8 Å². The van der Waals surface area contributed by atoms with Gasteiger partial charge in [0.1, 0.15) is 11.8 Å². The molecule has 0 spiro atoms. The second-order valence-electron chi connectivity index (χ2n) is 7.09. The van der Waals surface area contributed by atoms with Gasteiger partial charge in [0.05, 0.1) is 28.4 Å². The van der Waals surface area contributed by atoms with E-state index < -0.39 is 11.8 Å². The Balaban J connectivity index is 1.72. The normalized spacial score (nSPS) is 15.2. The van der Waals surface area contributed by atoms with Gasteiger partial charge >= 0.3 is 0 Å². The van der Waals surface area contributed by atoms with Gasteiger partial charge in [0.15, 0.2) is 5.82 Å². The van der Waals surface area contributed by atoms with Crippen LogP contribution in [0.15, 0.2) is 36.5 Å². The van der Waals surface area contributed by atoms with Gasteiger partial charge in [0.25, 0.3) is 11.8 Å². The van der Waals surface area contributed by atoms with Crippen LogP contribution in [0, 0.1) is 0 Å². The Kier molecular flexibility index (Phi) is 7.84. The fourth-order valence-corrected chi connectivity index (χ4v) is 5.09. The molecule has 2 amide bonds. The third-order valence-electron chi connectivity index (χ3n) is 4.77. The van der Waals surface area contributed by atoms with Crippen LogP contribution in [0.1, 0.15) is 27.3 Å². The molecular weight excluding hydrogens is 525 g/mol. The quantitative estimate of drug-likeness (QED) is 0.418. The predicted molar refractivity (Wildman–Crippen MR) is 132 cm³/mol. The maximum absolute atomic E-state index is 13.4. The molecule has 1 aliphatic heterocycles. The maximum atomic E-state index is 13.4. The zero-order valence-corrected chi connectivity index (χ0v) is 20.8. The number of anilines is 1. The molecule has 13 heteroatoms. The molecule has 9 nitrogen and oxygen atoms in total. The number of carbonyl (C=O) groups is 2. The maximum Gasteiger partial charge on any atom is 0.277 e. The lowest BCUT2D eigenvalue weighted by Gasteiger charge is -2.14. The van der Waals surface area contributed by atoms with Crippen LogP contribution in [-0.4, -0.2) is 51.3 Å². The number of rotatable bonds is 7. The highest BCUT2D eigenvalue weighted by atomic mass is 35.5. The number of amides is 2. The van der Waals surface area contributed by atoms with Crippen LogP contribution in [0.2, 0.25) is 15.1 Å². The first-order valence-corrected chi connectivity index (χ1v) is 12.2. The molecule has 34 heavy (non-hydrogen) atoms. The van der Waals surface area contributed by atoms with E-state index in [0.717, 1.165) is 17.9 Å². The molecular formula is C21H18Cl3N5O4S. The molecule has 1 saturated heterocycles. The first-order chi connectivity index (χ1) is 16.4. The van der Waals surface area contributed by atoms with Crippen molar-refractivity contribution in [3.63, 3.8) is 0 Å². The average Bonchev–Trinajstić information content (AvgIpc) is 3.46. The summed E-state index contributed by atoms with van der Waals surface area (Å²) in [6, 6.07) is 7.54. The van der Waals surface area contributed by atoms with Gasteiger partial charge in [0, 0.05) is 23.0 Å². The molecule has 2 N–H and O–H groups in total. The van der Waals surface area contributed by atoms with E-state index in [1.807, 2.05) is 0 Å². The highest BCUT2D eigenvalue weighted by molar-refractivity contribution is 7.99. The zero-order valence-electron chi connectivity index (χ0n) is 17.7. The van der Waals surface area contributed by atoms with Gasteiger partial charge in [-0.1, -0.05) is 34.8 Å². The van der Waals surface area contributed by atoms with E-state index >= 15 is 0 Å². The lowest BCUT2D eigenvalue weighted by atomic mass is 10.1. The Morgan fingerprint density at radius 2 is 2.00 bits per heavy atom. The van der Waals surface area contributed by atoms with Gasteiger partial charge in [-0.25, -0.2) is 15.1 Å². The molecule has 3 heterocycles. The summed E-state index contributed by atoms with van der Waals surface area (Å²) in [6.07, 6.45) is 2.39. The van der Waals surface area contributed by atoms with Crippen LogP contribution < -0.4 is 15.5 Å². The van der Waals surface area contributed by atoms with Crippen LogP contribution in [0.25, 0.3) is 5.82 Å². The summed E-state index contributed by atoms with van der Waals surface area (Å²) in [6.45, 7) is 0. The predicted octanol–water partition coefficient (Wildman–Crippen LogP) is 4.66. The third-order valence-corrected chi connectivity index (χ3v) is 6.71. The SMILES string of the molecule is CONC(=O)c1cc(Cl)cc(Cl)c1NC(=O)c1cc(OC2CCSC2)nn1-c1ncccc1Cl. The fourth-order valence-electron chi connectivity index (χ4n) is 3.25. The first kappa shape index (κ1) is 24.6. The lowest BCUT2D eigenvalue weighted by Crippen LogP contribution is -2.25. The number of carbonyl (C=O) groups excluding carboxylic acids is 2. The molecule has 1 fully saturated rings. The van der Waals surface area contributed by atoms with Crippen LogP contribution in [-0.2, 0) is 4.84 Å². The summed E-state index contributed by atoms with van der Waals surface area (Å²) >= 11 is 20.5. The van der Waals surface area contributed by atoms with Crippen LogP contribution in [0.4, 0.5) is 5.69 Å². The van der Waals surface area contributed by atoms with E-state index in [1.165, 1.54) is 36.2 Å². The smallest absolute Gasteiger partial charge is 0.277 e. The standard InChI is InChI=1S/C21H18Cl3N5O4S/c1-32-28-20(30)13-7-11(22)8-15(24)18(13)26-21(31)16-9-17(33-12-4-6-34-10-12)27-29(16)19-14(23)3-2-5-25-19/h2-3,5,7-9,12H,4,6,10H2,1H3,(H,26,31)(H,28,30). The Morgan fingerprint density at radius 3 is 2.71 bits per heavy atom. The minimum Gasteiger partial charge on any atom is -0.472 e. The van der Waals surface area contributed by atoms with Crippen molar-refractivity contribution in [2.45, 2.75) is 12.5 Å². The highest BCUT2D eigenvalue weighted by Gasteiger charge is 2.25. The number of hydroxylamine groups is 1. The van der Waals surface area contributed by atoms with Crippen LogP contribution >= 0.6 is 46.6 Å². The number of thioether (sulfide) groups is 1. The summed E-state index contributed by atoms with van der Waals surface area (Å²) < 4.78 is 7.25. The van der Waals surface area contributed by atoms with Gasteiger partial charge in [-0.3, -0.25) is 14.4 Å². The fraction of sp³-hybridized carbons (Fsp3) is 0.238. The van der Waals surface area contributed by atoms with Gasteiger partial charge < -0.3 is 10.1 Å². The van der Waals surface area contributed by atoms with Crippen molar-refractivity contribution in [1.82, 2.24) is 20.2 Å². The van der Waals surface area contributed by atoms with Crippen LogP contribution in [0.3, 0.4) is 0 Å². The molecule has 1 atom stereocenters. The summed E-state index contributed by atoms with van der Waals surface area (Å²) in [4.78, 5) is 34.8. The van der Waals surface area contributed by atoms with Gasteiger partial charge in [-0.05, 0) is 36.4 Å². The number of nitrogens with one attached hydrogen (secondary N) is 2. The number of nitrogens with zero attached hydrogens (tertiary/aromatic N) is 3. The van der Waals surface area contributed by atoms with Crippen molar-refractivity contribution in [3.05, 3.63) is 62.9 Å². The minimum atomic E-state index is -0.647. The second-order valence-corrected chi connectivity index (χ2v) is 9.49. The van der Waals surface area contributed by atoms with Gasteiger partial charge in [0.2, 0.25) is 5.88 Å². The first-order valence-electron chi connectivity index (χ1n) is 9.96. The molecule has 0 saturated carbocycles. The number of benzene rings is 1. The van der Waals surface area contributed by atoms with E-state index in [4.69, 9.17) is 39.5 Å². The number of hydrogen-bond acceptors (Lipinski definition) is 7.